The van der Waals surface area contributed by atoms with Crippen LogP contribution < -0.4 is 11.3 Å². The van der Waals surface area contributed by atoms with Crippen LogP contribution in [0.4, 0.5) is 5.69 Å². The monoisotopic (exact) mass is 297 g/mol. The van der Waals surface area contributed by atoms with Gasteiger partial charge in [0.05, 0.1) is 22.8 Å². The van der Waals surface area contributed by atoms with Crippen LogP contribution in [-0.2, 0) is 9.84 Å². The van der Waals surface area contributed by atoms with Crippen LogP contribution in [-0.4, -0.2) is 43.8 Å². The van der Waals surface area contributed by atoms with Gasteiger partial charge in [0.1, 0.15) is 0 Å². The first kappa shape index (κ1) is 14.8. The van der Waals surface area contributed by atoms with Gasteiger partial charge in [-0.3, -0.25) is 10.6 Å². The highest BCUT2D eigenvalue weighted by Gasteiger charge is 2.33. The maximum Gasteiger partial charge on any atom is 0.256 e. The summed E-state index contributed by atoms with van der Waals surface area (Å²) >= 11 is 0. The molecule has 7 heteroatoms. The molecule has 0 aliphatic carbocycles. The number of carbonyl (C=O) groups excluding carboxylic acids is 1. The van der Waals surface area contributed by atoms with Crippen molar-refractivity contribution in [3.63, 3.8) is 0 Å². The Labute approximate surface area is 118 Å². The SMILES string of the molecule is Cc1ccc(NN)c(C(=O)N(C)C2CCS(=O)(=O)C2)c1. The topological polar surface area (TPSA) is 92.5 Å². The number of nitrogens with one attached hydrogen (secondary N) is 1. The zero-order valence-electron chi connectivity index (χ0n) is 11.6. The molecule has 2 rings (SSSR count). The molecule has 1 heterocycles. The number of anilines is 1. The molecule has 1 aliphatic rings. The number of nitrogens with zero attached hydrogens (tertiary/aromatic N) is 1. The molecule has 1 aromatic carbocycles. The molecule has 0 aromatic heterocycles. The summed E-state index contributed by atoms with van der Waals surface area (Å²) in [6, 6.07) is 5.07. The lowest BCUT2D eigenvalue weighted by atomic mass is 10.1. The zero-order chi connectivity index (χ0) is 14.9. The normalized spacial score (nSPS) is 20.6. The molecule has 20 heavy (non-hydrogen) atoms. The van der Waals surface area contributed by atoms with Crippen LogP contribution in [0, 0.1) is 6.92 Å². The van der Waals surface area contributed by atoms with E-state index in [2.05, 4.69) is 5.43 Å². The largest absolute Gasteiger partial charge is 0.338 e. The Morgan fingerprint density at radius 3 is 2.70 bits per heavy atom. The maximum absolute atomic E-state index is 12.5. The van der Waals surface area contributed by atoms with E-state index >= 15 is 0 Å². The Balaban J connectivity index is 2.25. The second-order valence-electron chi connectivity index (χ2n) is 5.17. The molecule has 0 radical (unpaired) electrons. The summed E-state index contributed by atoms with van der Waals surface area (Å²) in [4.78, 5) is 14.0. The van der Waals surface area contributed by atoms with Crippen molar-refractivity contribution in [2.45, 2.75) is 19.4 Å². The Bertz CT molecular complexity index is 628. The molecule has 1 amide bonds. The summed E-state index contributed by atoms with van der Waals surface area (Å²) in [7, 11) is -1.38. The average molecular weight is 297 g/mol. The van der Waals surface area contributed by atoms with Crippen LogP contribution in [0.3, 0.4) is 0 Å². The van der Waals surface area contributed by atoms with Gasteiger partial charge in [-0.2, -0.15) is 0 Å². The van der Waals surface area contributed by atoms with Gasteiger partial charge in [-0.25, -0.2) is 8.42 Å². The number of hydrazine groups is 1. The zero-order valence-corrected chi connectivity index (χ0v) is 12.4. The highest BCUT2D eigenvalue weighted by Crippen LogP contribution is 2.22. The lowest BCUT2D eigenvalue weighted by Crippen LogP contribution is -2.38. The molecule has 0 spiro atoms. The van der Waals surface area contributed by atoms with Crippen LogP contribution >= 0.6 is 0 Å². The van der Waals surface area contributed by atoms with E-state index in [4.69, 9.17) is 5.84 Å². The van der Waals surface area contributed by atoms with Crippen molar-refractivity contribution in [3.8, 4) is 0 Å². The third-order valence-electron chi connectivity index (χ3n) is 3.64. The molecule has 1 fully saturated rings. The minimum atomic E-state index is -3.01. The van der Waals surface area contributed by atoms with Crippen LogP contribution in [0.25, 0.3) is 0 Å². The van der Waals surface area contributed by atoms with E-state index in [1.807, 2.05) is 13.0 Å². The molecular formula is C13H19N3O3S. The van der Waals surface area contributed by atoms with Gasteiger partial charge >= 0.3 is 0 Å². The number of benzene rings is 1. The summed E-state index contributed by atoms with van der Waals surface area (Å²) in [6.07, 6.45) is 0.488. The van der Waals surface area contributed by atoms with Gasteiger partial charge in [0.25, 0.3) is 5.91 Å². The van der Waals surface area contributed by atoms with Gasteiger partial charge in [-0.15, -0.1) is 0 Å². The molecule has 110 valence electrons. The van der Waals surface area contributed by atoms with Crippen molar-refractivity contribution in [3.05, 3.63) is 29.3 Å². The molecule has 1 aromatic rings. The number of hydrogen-bond acceptors (Lipinski definition) is 5. The fraction of sp³-hybridized carbons (Fsp3) is 0.462. The molecule has 6 nitrogen and oxygen atoms in total. The smallest absolute Gasteiger partial charge is 0.256 e. The van der Waals surface area contributed by atoms with E-state index in [0.717, 1.165) is 5.56 Å². The minimum absolute atomic E-state index is 0.0342. The first-order chi connectivity index (χ1) is 9.34. The van der Waals surface area contributed by atoms with E-state index in [0.29, 0.717) is 17.7 Å². The summed E-state index contributed by atoms with van der Waals surface area (Å²) in [6.45, 7) is 1.89. The number of nitrogen functional groups attached to an aromatic ring is 1. The number of aryl methyl sites for hydroxylation is 1. The van der Waals surface area contributed by atoms with Crippen LogP contribution in [0.2, 0.25) is 0 Å². The summed E-state index contributed by atoms with van der Waals surface area (Å²) in [5.74, 6) is 5.38. The van der Waals surface area contributed by atoms with Crippen molar-refractivity contribution >= 4 is 21.4 Å². The van der Waals surface area contributed by atoms with E-state index in [1.54, 1.807) is 19.2 Å². The van der Waals surface area contributed by atoms with Gasteiger partial charge in [0.15, 0.2) is 9.84 Å². The van der Waals surface area contributed by atoms with Gasteiger partial charge in [-0.05, 0) is 25.5 Å². The highest BCUT2D eigenvalue weighted by molar-refractivity contribution is 7.91. The van der Waals surface area contributed by atoms with Crippen LogP contribution in [0.1, 0.15) is 22.3 Å². The quantitative estimate of drug-likeness (QED) is 0.627. The number of hydrogen-bond donors (Lipinski definition) is 2. The second kappa shape index (κ2) is 5.41. The fourth-order valence-electron chi connectivity index (χ4n) is 2.40. The predicted molar refractivity (Wildman–Crippen MR) is 78.1 cm³/mol. The van der Waals surface area contributed by atoms with Crippen molar-refractivity contribution in [2.24, 2.45) is 5.84 Å². The molecule has 1 aliphatic heterocycles. The van der Waals surface area contributed by atoms with Crippen molar-refractivity contribution in [1.82, 2.24) is 4.90 Å². The number of sulfone groups is 1. The minimum Gasteiger partial charge on any atom is -0.338 e. The van der Waals surface area contributed by atoms with Crippen molar-refractivity contribution in [2.75, 3.05) is 24.0 Å². The Morgan fingerprint density at radius 2 is 2.15 bits per heavy atom. The third kappa shape index (κ3) is 2.94. The van der Waals surface area contributed by atoms with E-state index in [1.165, 1.54) is 4.90 Å². The summed E-state index contributed by atoms with van der Waals surface area (Å²) < 4.78 is 23.0. The maximum atomic E-state index is 12.5. The van der Waals surface area contributed by atoms with Gasteiger partial charge in [-0.1, -0.05) is 11.6 Å². The average Bonchev–Trinajstić information content (AvgIpc) is 2.77. The number of nitrogens with two attached hydrogens (primary N) is 1. The second-order valence-corrected chi connectivity index (χ2v) is 7.40. The fourth-order valence-corrected chi connectivity index (χ4v) is 4.17. The van der Waals surface area contributed by atoms with E-state index in [-0.39, 0.29) is 23.5 Å². The number of amides is 1. The summed E-state index contributed by atoms with van der Waals surface area (Å²) in [5.41, 5.74) is 4.44. The molecule has 1 atom stereocenters. The number of rotatable bonds is 3. The Morgan fingerprint density at radius 1 is 1.45 bits per heavy atom. The van der Waals surface area contributed by atoms with E-state index in [9.17, 15) is 13.2 Å². The predicted octanol–water partition coefficient (Wildman–Crippen LogP) is 0.540. The van der Waals surface area contributed by atoms with Gasteiger partial charge < -0.3 is 10.3 Å². The first-order valence-electron chi connectivity index (χ1n) is 6.39. The van der Waals surface area contributed by atoms with Crippen LogP contribution in [0.15, 0.2) is 18.2 Å². The molecule has 1 unspecified atom stereocenters. The Kier molecular flexibility index (Phi) is 4.01. The molecule has 0 saturated carbocycles. The molecule has 0 bridgehead atoms. The first-order valence-corrected chi connectivity index (χ1v) is 8.21. The van der Waals surface area contributed by atoms with Crippen LogP contribution in [0.5, 0.6) is 0 Å². The van der Waals surface area contributed by atoms with Crippen molar-refractivity contribution in [1.29, 1.82) is 0 Å². The number of carbonyl (C=O) groups is 1. The lowest BCUT2D eigenvalue weighted by Gasteiger charge is -2.24. The summed E-state index contributed by atoms with van der Waals surface area (Å²) in [5, 5.41) is 0. The van der Waals surface area contributed by atoms with Gasteiger partial charge in [0, 0.05) is 13.1 Å². The standard InChI is InChI=1S/C13H19N3O3S/c1-9-3-4-12(15-14)11(7-9)13(17)16(2)10-5-6-20(18,19)8-10/h3-4,7,10,15H,5-6,8,14H2,1-2H3. The van der Waals surface area contributed by atoms with Crippen molar-refractivity contribution < 1.29 is 13.2 Å². The van der Waals surface area contributed by atoms with E-state index < -0.39 is 9.84 Å². The molecule has 3 N–H and O–H groups in total. The molecule has 1 saturated heterocycles. The molecular weight excluding hydrogens is 278 g/mol. The highest BCUT2D eigenvalue weighted by atomic mass is 32.2. The van der Waals surface area contributed by atoms with Gasteiger partial charge in [0.2, 0.25) is 0 Å². The third-order valence-corrected chi connectivity index (χ3v) is 5.39. The lowest BCUT2D eigenvalue weighted by molar-refractivity contribution is 0.0748. The Hall–Kier alpha value is -1.60.